The molecule has 0 aromatic heterocycles. The Balaban J connectivity index is 3.08. The normalized spacial score (nSPS) is 14.7. The molecular weight excluding hydrogens is 278 g/mol. The molecule has 20 heavy (non-hydrogen) atoms. The lowest BCUT2D eigenvalue weighted by Crippen LogP contribution is -2.34. The quantitative estimate of drug-likeness (QED) is 0.749. The summed E-state index contributed by atoms with van der Waals surface area (Å²) < 4.78 is 25.7. The Bertz CT molecular complexity index is 597. The van der Waals surface area contributed by atoms with Crippen LogP contribution in [0.15, 0.2) is 23.1 Å². The molecule has 1 aromatic rings. The van der Waals surface area contributed by atoms with E-state index in [1.54, 1.807) is 26.8 Å². The summed E-state index contributed by atoms with van der Waals surface area (Å²) in [6, 6.07) is 4.30. The summed E-state index contributed by atoms with van der Waals surface area (Å²) in [4.78, 5) is 12.1. The van der Waals surface area contributed by atoms with Gasteiger partial charge in [-0.15, -0.1) is 0 Å². The zero-order valence-electron chi connectivity index (χ0n) is 12.1. The number of benzene rings is 1. The van der Waals surface area contributed by atoms with Crippen molar-refractivity contribution in [3.63, 3.8) is 0 Å². The van der Waals surface area contributed by atoms with Crippen LogP contribution < -0.4 is 15.8 Å². The lowest BCUT2D eigenvalue weighted by atomic mass is 10.0. The molecule has 2 unspecified atom stereocenters. The van der Waals surface area contributed by atoms with Crippen LogP contribution in [0.5, 0.6) is 0 Å². The van der Waals surface area contributed by atoms with E-state index in [0.29, 0.717) is 5.69 Å². The number of hydrogen-bond donors (Lipinski definition) is 3. The second kappa shape index (κ2) is 6.34. The number of anilines is 1. The summed E-state index contributed by atoms with van der Waals surface area (Å²) in [6.07, 6.45) is 0. The number of amides is 1. The number of aryl methyl sites for hydroxylation is 1. The number of nitrogens with two attached hydrogens (primary N) is 1. The molecule has 0 saturated heterocycles. The molecule has 0 saturated carbocycles. The molecule has 1 amide bonds. The molecule has 1 rings (SSSR count). The van der Waals surface area contributed by atoms with Crippen molar-refractivity contribution < 1.29 is 13.2 Å². The molecule has 6 nitrogen and oxygen atoms in total. The minimum Gasteiger partial charge on any atom is -0.327 e. The van der Waals surface area contributed by atoms with Gasteiger partial charge in [0.1, 0.15) is 0 Å². The van der Waals surface area contributed by atoms with Crippen LogP contribution >= 0.6 is 0 Å². The molecule has 0 heterocycles. The number of rotatable bonds is 5. The predicted octanol–water partition coefficient (Wildman–Crippen LogP) is 0.825. The maximum atomic E-state index is 12.0. The topological polar surface area (TPSA) is 101 Å². The Labute approximate surface area is 119 Å². The third-order valence-corrected chi connectivity index (χ3v) is 4.66. The molecule has 0 aliphatic heterocycles. The number of carbonyl (C=O) groups excluding carboxylic acids is 1. The van der Waals surface area contributed by atoms with Gasteiger partial charge in [0.25, 0.3) is 0 Å². The lowest BCUT2D eigenvalue weighted by molar-refractivity contribution is -0.119. The van der Waals surface area contributed by atoms with Gasteiger partial charge in [-0.25, -0.2) is 13.1 Å². The second-order valence-electron chi connectivity index (χ2n) is 4.82. The number of nitrogens with one attached hydrogen (secondary N) is 2. The molecule has 0 fully saturated rings. The molecular formula is C13H21N3O3S. The maximum absolute atomic E-state index is 12.0. The van der Waals surface area contributed by atoms with E-state index in [1.807, 2.05) is 0 Å². The zero-order chi connectivity index (χ0) is 15.5. The molecule has 0 spiro atoms. The first kappa shape index (κ1) is 16.6. The minimum absolute atomic E-state index is 0.106. The number of hydrogen-bond acceptors (Lipinski definition) is 4. The maximum Gasteiger partial charge on any atom is 0.240 e. The average molecular weight is 299 g/mol. The largest absolute Gasteiger partial charge is 0.327 e. The molecule has 1 aromatic carbocycles. The highest BCUT2D eigenvalue weighted by Crippen LogP contribution is 2.21. The fraction of sp³-hybridized carbons (Fsp3) is 0.462. The predicted molar refractivity (Wildman–Crippen MR) is 78.9 cm³/mol. The van der Waals surface area contributed by atoms with Crippen LogP contribution in [0, 0.1) is 12.8 Å². The second-order valence-corrected chi connectivity index (χ2v) is 6.71. The van der Waals surface area contributed by atoms with Crippen molar-refractivity contribution in [2.75, 3.05) is 12.4 Å². The molecule has 7 heteroatoms. The highest BCUT2D eigenvalue weighted by molar-refractivity contribution is 7.89. The van der Waals surface area contributed by atoms with Crippen LogP contribution in [0.25, 0.3) is 0 Å². The Morgan fingerprint density at radius 1 is 1.30 bits per heavy atom. The Hall–Kier alpha value is -1.44. The van der Waals surface area contributed by atoms with Crippen molar-refractivity contribution in [3.8, 4) is 0 Å². The van der Waals surface area contributed by atoms with Crippen LogP contribution in [0.3, 0.4) is 0 Å². The third-order valence-electron chi connectivity index (χ3n) is 3.25. The summed E-state index contributed by atoms with van der Waals surface area (Å²) in [5.41, 5.74) is 6.94. The van der Waals surface area contributed by atoms with Gasteiger partial charge in [-0.2, -0.15) is 0 Å². The van der Waals surface area contributed by atoms with Crippen LogP contribution in [0.4, 0.5) is 5.69 Å². The van der Waals surface area contributed by atoms with Gasteiger partial charge in [-0.1, -0.05) is 13.0 Å². The standard InChI is InChI=1S/C13H21N3O3S/c1-8-5-6-11(20(18,19)15-4)7-12(8)16-13(17)9(2)10(3)14/h5-7,9-10,15H,14H2,1-4H3,(H,16,17). The van der Waals surface area contributed by atoms with Gasteiger partial charge in [-0.3, -0.25) is 4.79 Å². The van der Waals surface area contributed by atoms with Crippen molar-refractivity contribution in [3.05, 3.63) is 23.8 Å². The van der Waals surface area contributed by atoms with E-state index in [2.05, 4.69) is 10.0 Å². The fourth-order valence-electron chi connectivity index (χ4n) is 1.51. The summed E-state index contributed by atoms with van der Waals surface area (Å²) in [5.74, 6) is -0.596. The summed E-state index contributed by atoms with van der Waals surface area (Å²) in [6.45, 7) is 5.27. The van der Waals surface area contributed by atoms with Gasteiger partial charge in [0.15, 0.2) is 0 Å². The van der Waals surface area contributed by atoms with Crippen molar-refractivity contribution in [1.82, 2.24) is 4.72 Å². The van der Waals surface area contributed by atoms with E-state index in [4.69, 9.17) is 5.73 Å². The molecule has 112 valence electrons. The lowest BCUT2D eigenvalue weighted by Gasteiger charge is -2.17. The van der Waals surface area contributed by atoms with Gasteiger partial charge in [0.2, 0.25) is 15.9 Å². The Kier molecular flexibility index (Phi) is 5.27. The first-order chi connectivity index (χ1) is 9.19. The van der Waals surface area contributed by atoms with Gasteiger partial charge >= 0.3 is 0 Å². The monoisotopic (exact) mass is 299 g/mol. The van der Waals surface area contributed by atoms with Crippen LogP contribution in [0.1, 0.15) is 19.4 Å². The average Bonchev–Trinajstić information content (AvgIpc) is 2.39. The fourth-order valence-corrected chi connectivity index (χ4v) is 2.26. The number of sulfonamides is 1. The molecule has 0 radical (unpaired) electrons. The molecule has 2 atom stereocenters. The summed E-state index contributed by atoms with van der Waals surface area (Å²) >= 11 is 0. The minimum atomic E-state index is -3.54. The summed E-state index contributed by atoms with van der Waals surface area (Å²) in [7, 11) is -2.20. The van der Waals surface area contributed by atoms with Crippen molar-refractivity contribution in [2.24, 2.45) is 11.7 Å². The Morgan fingerprint density at radius 3 is 2.40 bits per heavy atom. The van der Waals surface area contributed by atoms with Gasteiger partial charge in [0, 0.05) is 11.7 Å². The summed E-state index contributed by atoms with van der Waals surface area (Å²) in [5, 5.41) is 2.72. The van der Waals surface area contributed by atoms with Crippen LogP contribution in [-0.4, -0.2) is 27.4 Å². The van der Waals surface area contributed by atoms with E-state index in [1.165, 1.54) is 19.2 Å². The number of carbonyl (C=O) groups is 1. The van der Waals surface area contributed by atoms with E-state index in [-0.39, 0.29) is 22.8 Å². The van der Waals surface area contributed by atoms with E-state index in [9.17, 15) is 13.2 Å². The van der Waals surface area contributed by atoms with Gasteiger partial charge in [0.05, 0.1) is 10.8 Å². The van der Waals surface area contributed by atoms with Crippen molar-refractivity contribution in [1.29, 1.82) is 0 Å². The molecule has 0 aliphatic carbocycles. The SMILES string of the molecule is CNS(=O)(=O)c1ccc(C)c(NC(=O)C(C)C(C)N)c1. The van der Waals surface area contributed by atoms with E-state index < -0.39 is 10.0 Å². The van der Waals surface area contributed by atoms with Crippen LogP contribution in [0.2, 0.25) is 0 Å². The van der Waals surface area contributed by atoms with E-state index in [0.717, 1.165) is 5.56 Å². The Morgan fingerprint density at radius 2 is 1.90 bits per heavy atom. The third kappa shape index (κ3) is 3.78. The molecule has 4 N–H and O–H groups in total. The van der Waals surface area contributed by atoms with Crippen LogP contribution in [-0.2, 0) is 14.8 Å². The van der Waals surface area contributed by atoms with Gasteiger partial charge < -0.3 is 11.1 Å². The first-order valence-corrected chi connectivity index (χ1v) is 7.78. The first-order valence-electron chi connectivity index (χ1n) is 6.29. The smallest absolute Gasteiger partial charge is 0.240 e. The molecule has 0 bridgehead atoms. The molecule has 0 aliphatic rings. The highest BCUT2D eigenvalue weighted by Gasteiger charge is 2.19. The zero-order valence-corrected chi connectivity index (χ0v) is 12.9. The van der Waals surface area contributed by atoms with E-state index >= 15 is 0 Å². The van der Waals surface area contributed by atoms with Gasteiger partial charge in [-0.05, 0) is 38.6 Å². The van der Waals surface area contributed by atoms with Crippen molar-refractivity contribution in [2.45, 2.75) is 31.7 Å². The van der Waals surface area contributed by atoms with Crippen molar-refractivity contribution >= 4 is 21.6 Å². The highest BCUT2D eigenvalue weighted by atomic mass is 32.2.